The van der Waals surface area contributed by atoms with Crippen LogP contribution in [0.1, 0.15) is 56.0 Å². The quantitative estimate of drug-likeness (QED) is 0.880. The fraction of sp³-hybridized carbons (Fsp3) is 0.733. The minimum absolute atomic E-state index is 0.171. The van der Waals surface area contributed by atoms with Crippen molar-refractivity contribution in [2.45, 2.75) is 58.0 Å². The fourth-order valence-electron chi connectivity index (χ4n) is 3.60. The molecule has 1 saturated carbocycles. The van der Waals surface area contributed by atoms with Gasteiger partial charge in [0.15, 0.2) is 0 Å². The van der Waals surface area contributed by atoms with Crippen LogP contribution in [0.25, 0.3) is 0 Å². The predicted molar refractivity (Wildman–Crippen MR) is 80.1 cm³/mol. The highest BCUT2D eigenvalue weighted by Crippen LogP contribution is 2.43. The summed E-state index contributed by atoms with van der Waals surface area (Å²) in [5.41, 5.74) is 8.21. The standard InChI is InChI=1S/C15H26N2S/c1-4-17(5-2)15(8-6-7-9-15)14(16)13-10-12(3)18-11-13/h10-11,14H,4-9,16H2,1-3H3. The van der Waals surface area contributed by atoms with Gasteiger partial charge in [-0.15, -0.1) is 11.3 Å². The SMILES string of the molecule is CCN(CC)C1(C(N)c2csc(C)c2)CCCC1. The number of rotatable bonds is 5. The average Bonchev–Trinajstić information content (AvgIpc) is 3.00. The Balaban J connectivity index is 2.29. The number of nitrogens with two attached hydrogens (primary N) is 1. The van der Waals surface area contributed by atoms with Crippen molar-refractivity contribution in [1.29, 1.82) is 0 Å². The first-order valence-corrected chi connectivity index (χ1v) is 8.07. The Morgan fingerprint density at radius 2 is 1.94 bits per heavy atom. The van der Waals surface area contributed by atoms with Crippen molar-refractivity contribution >= 4 is 11.3 Å². The minimum Gasteiger partial charge on any atom is -0.322 e. The summed E-state index contributed by atoms with van der Waals surface area (Å²) in [6.07, 6.45) is 5.16. The predicted octanol–water partition coefficient (Wildman–Crippen LogP) is 3.71. The van der Waals surface area contributed by atoms with Crippen molar-refractivity contribution in [2.75, 3.05) is 13.1 Å². The molecule has 18 heavy (non-hydrogen) atoms. The van der Waals surface area contributed by atoms with Crippen molar-refractivity contribution in [3.05, 3.63) is 21.9 Å². The van der Waals surface area contributed by atoms with E-state index < -0.39 is 0 Å². The van der Waals surface area contributed by atoms with Crippen molar-refractivity contribution in [3.63, 3.8) is 0 Å². The van der Waals surface area contributed by atoms with E-state index in [1.165, 1.54) is 36.1 Å². The molecule has 1 atom stereocenters. The number of likely N-dealkylation sites (N-methyl/N-ethyl adjacent to an activating group) is 1. The maximum atomic E-state index is 6.67. The number of hydrogen-bond donors (Lipinski definition) is 1. The van der Waals surface area contributed by atoms with Gasteiger partial charge >= 0.3 is 0 Å². The van der Waals surface area contributed by atoms with Gasteiger partial charge in [0, 0.05) is 16.5 Å². The molecule has 1 aliphatic rings. The summed E-state index contributed by atoms with van der Waals surface area (Å²) >= 11 is 1.82. The molecule has 1 aromatic heterocycles. The molecular weight excluding hydrogens is 240 g/mol. The molecule has 102 valence electrons. The second kappa shape index (κ2) is 5.72. The molecule has 0 amide bonds. The summed E-state index contributed by atoms with van der Waals surface area (Å²) in [5.74, 6) is 0. The van der Waals surface area contributed by atoms with Crippen molar-refractivity contribution < 1.29 is 0 Å². The molecule has 0 spiro atoms. The van der Waals surface area contributed by atoms with Crippen LogP contribution in [0.3, 0.4) is 0 Å². The van der Waals surface area contributed by atoms with Crippen molar-refractivity contribution in [1.82, 2.24) is 4.90 Å². The molecule has 1 aromatic rings. The summed E-state index contributed by atoms with van der Waals surface area (Å²) in [6.45, 7) is 8.89. The summed E-state index contributed by atoms with van der Waals surface area (Å²) in [4.78, 5) is 3.96. The Morgan fingerprint density at radius 3 is 2.39 bits per heavy atom. The van der Waals surface area contributed by atoms with Gasteiger partial charge in [-0.05, 0) is 49.9 Å². The van der Waals surface area contributed by atoms with Crippen LogP contribution in [0, 0.1) is 6.92 Å². The van der Waals surface area contributed by atoms with Gasteiger partial charge in [-0.25, -0.2) is 0 Å². The average molecular weight is 266 g/mol. The van der Waals surface area contributed by atoms with Crippen LogP contribution in [-0.4, -0.2) is 23.5 Å². The number of aryl methyl sites for hydroxylation is 1. The second-order valence-corrected chi connectivity index (χ2v) is 6.57. The molecule has 0 aliphatic heterocycles. The molecule has 1 unspecified atom stereocenters. The van der Waals surface area contributed by atoms with Crippen LogP contribution in [-0.2, 0) is 0 Å². The molecule has 1 fully saturated rings. The first-order valence-electron chi connectivity index (χ1n) is 7.19. The van der Waals surface area contributed by atoms with Gasteiger partial charge in [0.2, 0.25) is 0 Å². The summed E-state index contributed by atoms with van der Waals surface area (Å²) < 4.78 is 0. The molecule has 3 heteroatoms. The van der Waals surface area contributed by atoms with Gasteiger partial charge in [0.1, 0.15) is 0 Å². The van der Waals surface area contributed by atoms with Crippen LogP contribution in [0.2, 0.25) is 0 Å². The molecule has 0 aromatic carbocycles. The Kier molecular flexibility index (Phi) is 4.46. The molecule has 1 heterocycles. The molecule has 1 aliphatic carbocycles. The van der Waals surface area contributed by atoms with E-state index in [0.717, 1.165) is 13.1 Å². The Labute approximate surface area is 115 Å². The molecular formula is C15H26N2S. The molecule has 0 saturated heterocycles. The zero-order valence-electron chi connectivity index (χ0n) is 11.9. The first kappa shape index (κ1) is 14.0. The third kappa shape index (κ3) is 2.36. The van der Waals surface area contributed by atoms with Crippen LogP contribution < -0.4 is 5.73 Å². The normalized spacial score (nSPS) is 20.5. The Hall–Kier alpha value is -0.380. The van der Waals surface area contributed by atoms with E-state index in [1.807, 2.05) is 11.3 Å². The number of nitrogens with zero attached hydrogens (tertiary/aromatic N) is 1. The smallest absolute Gasteiger partial charge is 0.0490 e. The fourth-order valence-corrected chi connectivity index (χ4v) is 4.34. The number of thiophene rings is 1. The zero-order valence-corrected chi connectivity index (χ0v) is 12.7. The van der Waals surface area contributed by atoms with E-state index in [0.29, 0.717) is 0 Å². The topological polar surface area (TPSA) is 29.3 Å². The van der Waals surface area contributed by atoms with Crippen LogP contribution in [0.5, 0.6) is 0 Å². The molecule has 2 rings (SSSR count). The highest BCUT2D eigenvalue weighted by molar-refractivity contribution is 7.10. The molecule has 0 bridgehead atoms. The molecule has 2 nitrogen and oxygen atoms in total. The van der Waals surface area contributed by atoms with E-state index >= 15 is 0 Å². The van der Waals surface area contributed by atoms with Crippen LogP contribution in [0.15, 0.2) is 11.4 Å². The van der Waals surface area contributed by atoms with E-state index in [-0.39, 0.29) is 11.6 Å². The van der Waals surface area contributed by atoms with Crippen molar-refractivity contribution in [2.24, 2.45) is 5.73 Å². The first-order chi connectivity index (χ1) is 8.64. The largest absolute Gasteiger partial charge is 0.322 e. The Bertz CT molecular complexity index is 376. The number of hydrogen-bond acceptors (Lipinski definition) is 3. The van der Waals surface area contributed by atoms with Gasteiger partial charge in [-0.2, -0.15) is 0 Å². The van der Waals surface area contributed by atoms with Crippen LogP contribution >= 0.6 is 11.3 Å². The molecule has 0 radical (unpaired) electrons. The summed E-state index contributed by atoms with van der Waals surface area (Å²) in [6, 6.07) is 2.45. The minimum atomic E-state index is 0.171. The van der Waals surface area contributed by atoms with Gasteiger partial charge in [0.25, 0.3) is 0 Å². The maximum Gasteiger partial charge on any atom is 0.0490 e. The van der Waals surface area contributed by atoms with E-state index in [4.69, 9.17) is 5.73 Å². The third-order valence-corrected chi connectivity index (χ3v) is 5.43. The summed E-state index contributed by atoms with van der Waals surface area (Å²) in [7, 11) is 0. The lowest BCUT2D eigenvalue weighted by atomic mass is 9.83. The van der Waals surface area contributed by atoms with Crippen LogP contribution in [0.4, 0.5) is 0 Å². The van der Waals surface area contributed by atoms with Gasteiger partial charge in [0.05, 0.1) is 0 Å². The molecule has 2 N–H and O–H groups in total. The lowest BCUT2D eigenvalue weighted by Gasteiger charge is -2.44. The van der Waals surface area contributed by atoms with E-state index in [9.17, 15) is 0 Å². The zero-order chi connectivity index (χ0) is 13.2. The van der Waals surface area contributed by atoms with Gasteiger partial charge in [-0.3, -0.25) is 4.90 Å². The lowest BCUT2D eigenvalue weighted by molar-refractivity contribution is 0.0771. The van der Waals surface area contributed by atoms with Crippen molar-refractivity contribution in [3.8, 4) is 0 Å². The lowest BCUT2D eigenvalue weighted by Crippen LogP contribution is -2.53. The maximum absolute atomic E-state index is 6.67. The highest BCUT2D eigenvalue weighted by Gasteiger charge is 2.44. The Morgan fingerprint density at radius 1 is 1.33 bits per heavy atom. The van der Waals surface area contributed by atoms with Gasteiger partial charge in [-0.1, -0.05) is 26.7 Å². The van der Waals surface area contributed by atoms with Gasteiger partial charge < -0.3 is 5.73 Å². The monoisotopic (exact) mass is 266 g/mol. The third-order valence-electron chi connectivity index (χ3n) is 4.55. The van der Waals surface area contributed by atoms with E-state index in [1.54, 1.807) is 0 Å². The highest BCUT2D eigenvalue weighted by atomic mass is 32.1. The summed E-state index contributed by atoms with van der Waals surface area (Å²) in [5, 5.41) is 2.25. The van der Waals surface area contributed by atoms with E-state index in [2.05, 4.69) is 37.1 Å². The second-order valence-electron chi connectivity index (χ2n) is 5.45.